The van der Waals surface area contributed by atoms with Gasteiger partial charge >= 0.3 is 0 Å². The van der Waals surface area contributed by atoms with Gasteiger partial charge in [-0.1, -0.05) is 30.3 Å². The van der Waals surface area contributed by atoms with E-state index in [1.165, 1.54) is 5.56 Å². The van der Waals surface area contributed by atoms with Crippen LogP contribution in [0.1, 0.15) is 17.9 Å². The van der Waals surface area contributed by atoms with Gasteiger partial charge < -0.3 is 11.5 Å². The van der Waals surface area contributed by atoms with Gasteiger partial charge in [-0.15, -0.1) is 0 Å². The van der Waals surface area contributed by atoms with E-state index in [0.717, 1.165) is 26.1 Å². The van der Waals surface area contributed by atoms with Gasteiger partial charge in [0.05, 0.1) is 0 Å². The van der Waals surface area contributed by atoms with Crippen LogP contribution in [-0.2, 0) is 0 Å². The summed E-state index contributed by atoms with van der Waals surface area (Å²) < 4.78 is 0. The molecule has 0 bridgehead atoms. The molecule has 1 aromatic carbocycles. The molecule has 3 nitrogen and oxygen atoms in total. The van der Waals surface area contributed by atoms with Gasteiger partial charge in [-0.3, -0.25) is 4.90 Å². The van der Waals surface area contributed by atoms with Crippen LogP contribution in [0.5, 0.6) is 0 Å². The zero-order valence-corrected chi connectivity index (χ0v) is 9.68. The SMILES string of the molecule is NCCN1CC(N)CC(c2ccccc2)C1. The van der Waals surface area contributed by atoms with Crippen LogP contribution in [0.25, 0.3) is 0 Å². The molecule has 4 N–H and O–H groups in total. The van der Waals surface area contributed by atoms with Crippen molar-refractivity contribution in [3.8, 4) is 0 Å². The Kier molecular flexibility index (Phi) is 3.93. The highest BCUT2D eigenvalue weighted by Gasteiger charge is 2.25. The van der Waals surface area contributed by atoms with E-state index in [9.17, 15) is 0 Å². The second-order valence-corrected chi connectivity index (χ2v) is 4.65. The lowest BCUT2D eigenvalue weighted by Gasteiger charge is -2.36. The molecule has 0 aromatic heterocycles. The Bertz CT molecular complexity index is 312. The second kappa shape index (κ2) is 5.43. The number of hydrogen-bond acceptors (Lipinski definition) is 3. The molecule has 0 amide bonds. The lowest BCUT2D eigenvalue weighted by Crippen LogP contribution is -2.47. The van der Waals surface area contributed by atoms with Gasteiger partial charge in [-0.05, 0) is 17.9 Å². The molecule has 2 unspecified atom stereocenters. The molecule has 88 valence electrons. The molecule has 3 heteroatoms. The first kappa shape index (κ1) is 11.6. The van der Waals surface area contributed by atoms with Crippen LogP contribution in [-0.4, -0.2) is 37.1 Å². The van der Waals surface area contributed by atoms with Crippen LogP contribution < -0.4 is 11.5 Å². The summed E-state index contributed by atoms with van der Waals surface area (Å²) in [4.78, 5) is 2.38. The topological polar surface area (TPSA) is 55.3 Å². The number of nitrogens with zero attached hydrogens (tertiary/aromatic N) is 1. The summed E-state index contributed by atoms with van der Waals surface area (Å²) in [7, 11) is 0. The molecule has 1 aliphatic rings. The Labute approximate surface area is 97.4 Å². The number of nitrogens with two attached hydrogens (primary N) is 2. The van der Waals surface area contributed by atoms with Crippen molar-refractivity contribution in [2.45, 2.75) is 18.4 Å². The first-order chi connectivity index (χ1) is 7.79. The third kappa shape index (κ3) is 2.82. The summed E-state index contributed by atoms with van der Waals surface area (Å²) in [5, 5.41) is 0. The zero-order valence-electron chi connectivity index (χ0n) is 9.68. The van der Waals surface area contributed by atoms with E-state index in [1.54, 1.807) is 0 Å². The van der Waals surface area contributed by atoms with Gasteiger partial charge in [0.25, 0.3) is 0 Å². The van der Waals surface area contributed by atoms with Gasteiger partial charge in [0.1, 0.15) is 0 Å². The van der Waals surface area contributed by atoms with E-state index in [2.05, 4.69) is 35.2 Å². The van der Waals surface area contributed by atoms with Crippen molar-refractivity contribution in [1.29, 1.82) is 0 Å². The second-order valence-electron chi connectivity index (χ2n) is 4.65. The van der Waals surface area contributed by atoms with Crippen LogP contribution in [0, 0.1) is 0 Å². The first-order valence-corrected chi connectivity index (χ1v) is 6.02. The monoisotopic (exact) mass is 219 g/mol. The minimum absolute atomic E-state index is 0.283. The molecule has 0 aliphatic carbocycles. The summed E-state index contributed by atoms with van der Waals surface area (Å²) in [6, 6.07) is 10.9. The molecule has 1 aromatic rings. The van der Waals surface area contributed by atoms with E-state index >= 15 is 0 Å². The highest BCUT2D eigenvalue weighted by atomic mass is 15.2. The lowest BCUT2D eigenvalue weighted by atomic mass is 9.88. The fourth-order valence-electron chi connectivity index (χ4n) is 2.56. The predicted octanol–water partition coefficient (Wildman–Crippen LogP) is 0.762. The van der Waals surface area contributed by atoms with Crippen LogP contribution in [0.4, 0.5) is 0 Å². The van der Waals surface area contributed by atoms with Crippen LogP contribution in [0.15, 0.2) is 30.3 Å². The summed E-state index contributed by atoms with van der Waals surface area (Å²) in [6.07, 6.45) is 1.09. The standard InChI is InChI=1S/C13H21N3/c14-6-7-16-9-12(8-13(15)10-16)11-4-2-1-3-5-11/h1-5,12-13H,6-10,14-15H2. The molecule has 16 heavy (non-hydrogen) atoms. The smallest absolute Gasteiger partial charge is 0.0174 e. The van der Waals surface area contributed by atoms with Crippen molar-refractivity contribution in [2.24, 2.45) is 11.5 Å². The van der Waals surface area contributed by atoms with Crippen molar-refractivity contribution >= 4 is 0 Å². The molecule has 1 saturated heterocycles. The van der Waals surface area contributed by atoms with E-state index in [1.807, 2.05) is 0 Å². The minimum atomic E-state index is 0.283. The van der Waals surface area contributed by atoms with Crippen molar-refractivity contribution in [3.63, 3.8) is 0 Å². The van der Waals surface area contributed by atoms with Gasteiger partial charge in [-0.2, -0.15) is 0 Å². The number of rotatable bonds is 3. The first-order valence-electron chi connectivity index (χ1n) is 6.02. The van der Waals surface area contributed by atoms with E-state index < -0.39 is 0 Å². The largest absolute Gasteiger partial charge is 0.329 e. The van der Waals surface area contributed by atoms with E-state index in [0.29, 0.717) is 12.5 Å². The molecule has 0 spiro atoms. The number of piperidine rings is 1. The highest BCUT2D eigenvalue weighted by Crippen LogP contribution is 2.25. The molecule has 0 saturated carbocycles. The fourth-order valence-corrected chi connectivity index (χ4v) is 2.56. The Hall–Kier alpha value is -0.900. The molecule has 1 heterocycles. The van der Waals surface area contributed by atoms with Gasteiger partial charge in [0, 0.05) is 32.2 Å². The normalized spacial score (nSPS) is 26.9. The maximum atomic E-state index is 6.10. The van der Waals surface area contributed by atoms with Crippen molar-refractivity contribution in [2.75, 3.05) is 26.2 Å². The van der Waals surface area contributed by atoms with E-state index in [-0.39, 0.29) is 6.04 Å². The Balaban J connectivity index is 2.04. The maximum absolute atomic E-state index is 6.10. The van der Waals surface area contributed by atoms with Crippen molar-refractivity contribution in [3.05, 3.63) is 35.9 Å². The molecule has 0 radical (unpaired) electrons. The van der Waals surface area contributed by atoms with Gasteiger partial charge in [-0.25, -0.2) is 0 Å². The average molecular weight is 219 g/mol. The van der Waals surface area contributed by atoms with Crippen LogP contribution in [0.2, 0.25) is 0 Å². The number of benzene rings is 1. The third-order valence-electron chi connectivity index (χ3n) is 3.27. The van der Waals surface area contributed by atoms with Crippen molar-refractivity contribution < 1.29 is 0 Å². The molecular weight excluding hydrogens is 198 g/mol. The summed E-state index contributed by atoms with van der Waals surface area (Å²) in [5.41, 5.74) is 13.1. The Morgan fingerprint density at radius 3 is 2.62 bits per heavy atom. The summed E-state index contributed by atoms with van der Waals surface area (Å²) in [5.74, 6) is 0.566. The number of likely N-dealkylation sites (tertiary alicyclic amines) is 1. The Morgan fingerprint density at radius 2 is 1.94 bits per heavy atom. The molecule has 2 rings (SSSR count). The lowest BCUT2D eigenvalue weighted by molar-refractivity contribution is 0.193. The number of hydrogen-bond donors (Lipinski definition) is 2. The Morgan fingerprint density at radius 1 is 1.19 bits per heavy atom. The quantitative estimate of drug-likeness (QED) is 0.789. The van der Waals surface area contributed by atoms with Crippen LogP contribution >= 0.6 is 0 Å². The zero-order chi connectivity index (χ0) is 11.4. The highest BCUT2D eigenvalue weighted by molar-refractivity contribution is 5.21. The van der Waals surface area contributed by atoms with Gasteiger partial charge in [0.15, 0.2) is 0 Å². The molecule has 2 atom stereocenters. The summed E-state index contributed by atoms with van der Waals surface area (Å²) >= 11 is 0. The van der Waals surface area contributed by atoms with Crippen molar-refractivity contribution in [1.82, 2.24) is 4.90 Å². The molecule has 1 fully saturated rings. The molecular formula is C13H21N3. The maximum Gasteiger partial charge on any atom is 0.0174 e. The van der Waals surface area contributed by atoms with Gasteiger partial charge in [0.2, 0.25) is 0 Å². The summed E-state index contributed by atoms with van der Waals surface area (Å²) in [6.45, 7) is 3.75. The average Bonchev–Trinajstić information content (AvgIpc) is 2.30. The van der Waals surface area contributed by atoms with E-state index in [4.69, 9.17) is 11.5 Å². The predicted molar refractivity (Wildman–Crippen MR) is 67.3 cm³/mol. The molecule has 1 aliphatic heterocycles. The van der Waals surface area contributed by atoms with Crippen LogP contribution in [0.3, 0.4) is 0 Å². The third-order valence-corrected chi connectivity index (χ3v) is 3.27. The fraction of sp³-hybridized carbons (Fsp3) is 0.538. The minimum Gasteiger partial charge on any atom is -0.329 e.